The van der Waals surface area contributed by atoms with Gasteiger partial charge in [-0.1, -0.05) is 54.6 Å². The van der Waals surface area contributed by atoms with Crippen molar-refractivity contribution in [2.24, 2.45) is 0 Å². The van der Waals surface area contributed by atoms with E-state index in [4.69, 9.17) is 0 Å². The van der Waals surface area contributed by atoms with Gasteiger partial charge in [-0.25, -0.2) is 0 Å². The minimum absolute atomic E-state index is 1.27. The Morgan fingerprint density at radius 1 is 0.591 bits per heavy atom. The predicted molar refractivity (Wildman–Crippen MR) is 96.2 cm³/mol. The molecule has 104 valence electrons. The molecule has 3 aromatic carbocycles. The van der Waals surface area contributed by atoms with Crippen LogP contribution in [-0.4, -0.2) is 4.57 Å². The summed E-state index contributed by atoms with van der Waals surface area (Å²) in [5.41, 5.74) is 3.82. The summed E-state index contributed by atoms with van der Waals surface area (Å²) in [6, 6.07) is 25.9. The molecule has 0 unspecified atom stereocenters. The van der Waals surface area contributed by atoms with Crippen molar-refractivity contribution in [3.63, 3.8) is 0 Å². The third-order valence-electron chi connectivity index (χ3n) is 4.28. The zero-order chi connectivity index (χ0) is 14.5. The molecule has 0 spiro atoms. The molecule has 0 saturated carbocycles. The Balaban J connectivity index is 2.02. The topological polar surface area (TPSA) is 4.93 Å². The van der Waals surface area contributed by atoms with Crippen LogP contribution in [0.1, 0.15) is 0 Å². The van der Waals surface area contributed by atoms with Gasteiger partial charge in [0.25, 0.3) is 0 Å². The van der Waals surface area contributed by atoms with Gasteiger partial charge in [0.15, 0.2) is 0 Å². The van der Waals surface area contributed by atoms with Gasteiger partial charge in [-0.15, -0.1) is 11.3 Å². The van der Waals surface area contributed by atoms with Gasteiger partial charge >= 0.3 is 0 Å². The van der Waals surface area contributed by atoms with Crippen LogP contribution >= 0.6 is 11.3 Å². The molecule has 5 aromatic rings. The fraction of sp³-hybridized carbons (Fsp3) is 0. The van der Waals surface area contributed by atoms with Crippen molar-refractivity contribution in [2.45, 2.75) is 0 Å². The van der Waals surface area contributed by atoms with Gasteiger partial charge in [-0.05, 0) is 18.2 Å². The molecule has 0 amide bonds. The SMILES string of the molecule is c1ccc2c(-n3c4ccccc4c4ccccc43)csc2c1. The van der Waals surface area contributed by atoms with E-state index in [1.54, 1.807) is 0 Å². The first kappa shape index (κ1) is 12.0. The summed E-state index contributed by atoms with van der Waals surface area (Å²) < 4.78 is 3.73. The van der Waals surface area contributed by atoms with E-state index >= 15 is 0 Å². The second kappa shape index (κ2) is 4.46. The monoisotopic (exact) mass is 299 g/mol. The molecule has 0 N–H and O–H groups in total. The molecular formula is C20H13NS. The Hall–Kier alpha value is -2.58. The first-order valence-corrected chi connectivity index (χ1v) is 8.26. The summed E-state index contributed by atoms with van der Waals surface area (Å²) >= 11 is 1.81. The predicted octanol–water partition coefficient (Wildman–Crippen LogP) is 6.00. The third-order valence-corrected chi connectivity index (χ3v) is 5.23. The van der Waals surface area contributed by atoms with Crippen LogP contribution in [0.25, 0.3) is 37.6 Å². The summed E-state index contributed by atoms with van der Waals surface area (Å²) in [5.74, 6) is 0. The molecule has 2 aromatic heterocycles. The van der Waals surface area contributed by atoms with E-state index in [0.717, 1.165) is 0 Å². The van der Waals surface area contributed by atoms with Gasteiger partial charge in [0.1, 0.15) is 0 Å². The van der Waals surface area contributed by atoms with Crippen molar-refractivity contribution >= 4 is 43.2 Å². The lowest BCUT2D eigenvalue weighted by atomic mass is 10.2. The smallest absolute Gasteiger partial charge is 0.0647 e. The molecule has 2 heterocycles. The van der Waals surface area contributed by atoms with E-state index in [1.807, 2.05) is 11.3 Å². The van der Waals surface area contributed by atoms with Crippen LogP contribution in [0.15, 0.2) is 78.2 Å². The molecule has 0 bridgehead atoms. The lowest BCUT2D eigenvalue weighted by molar-refractivity contribution is 1.21. The van der Waals surface area contributed by atoms with Crippen molar-refractivity contribution in [1.82, 2.24) is 4.57 Å². The highest BCUT2D eigenvalue weighted by Crippen LogP contribution is 2.36. The van der Waals surface area contributed by atoms with E-state index in [-0.39, 0.29) is 0 Å². The largest absolute Gasteiger partial charge is 0.308 e. The van der Waals surface area contributed by atoms with Crippen molar-refractivity contribution in [3.05, 3.63) is 78.2 Å². The van der Waals surface area contributed by atoms with Gasteiger partial charge in [-0.3, -0.25) is 0 Å². The van der Waals surface area contributed by atoms with Crippen LogP contribution in [-0.2, 0) is 0 Å². The maximum atomic E-state index is 2.39. The third kappa shape index (κ3) is 1.53. The molecule has 0 atom stereocenters. The van der Waals surface area contributed by atoms with Crippen molar-refractivity contribution < 1.29 is 0 Å². The number of para-hydroxylation sites is 2. The quantitative estimate of drug-likeness (QED) is 0.358. The molecule has 0 aliphatic rings. The Morgan fingerprint density at radius 3 is 1.82 bits per heavy atom. The number of hydrogen-bond acceptors (Lipinski definition) is 1. The molecule has 0 aliphatic heterocycles. The van der Waals surface area contributed by atoms with Gasteiger partial charge in [0, 0.05) is 26.2 Å². The first-order valence-electron chi connectivity index (χ1n) is 7.38. The van der Waals surface area contributed by atoms with E-state index in [9.17, 15) is 0 Å². The van der Waals surface area contributed by atoms with Crippen LogP contribution in [0.3, 0.4) is 0 Å². The van der Waals surface area contributed by atoms with E-state index in [2.05, 4.69) is 82.7 Å². The second-order valence-electron chi connectivity index (χ2n) is 5.49. The number of nitrogens with zero attached hydrogens (tertiary/aromatic N) is 1. The molecule has 0 radical (unpaired) electrons. The molecule has 22 heavy (non-hydrogen) atoms. The number of benzene rings is 3. The molecule has 0 aliphatic carbocycles. The summed E-state index contributed by atoms with van der Waals surface area (Å²) in [7, 11) is 0. The Kier molecular flexibility index (Phi) is 2.43. The van der Waals surface area contributed by atoms with Gasteiger partial charge in [-0.2, -0.15) is 0 Å². The summed E-state index contributed by atoms with van der Waals surface area (Å²) in [5, 5.41) is 6.21. The Labute approximate surface area is 132 Å². The fourth-order valence-electron chi connectivity index (χ4n) is 3.32. The van der Waals surface area contributed by atoms with E-state index in [0.29, 0.717) is 0 Å². The number of fused-ring (bicyclic) bond motifs is 4. The molecule has 2 heteroatoms. The summed E-state index contributed by atoms with van der Waals surface area (Å²) in [6.07, 6.45) is 0. The number of rotatable bonds is 1. The van der Waals surface area contributed by atoms with E-state index in [1.165, 1.54) is 37.6 Å². The van der Waals surface area contributed by atoms with Crippen LogP contribution in [0.2, 0.25) is 0 Å². The zero-order valence-electron chi connectivity index (χ0n) is 11.9. The Bertz CT molecular complexity index is 1080. The zero-order valence-corrected chi connectivity index (χ0v) is 12.7. The first-order chi connectivity index (χ1) is 10.9. The highest BCUT2D eigenvalue weighted by atomic mass is 32.1. The maximum absolute atomic E-state index is 2.39. The minimum Gasteiger partial charge on any atom is -0.308 e. The fourth-order valence-corrected chi connectivity index (χ4v) is 4.25. The van der Waals surface area contributed by atoms with Crippen LogP contribution < -0.4 is 0 Å². The van der Waals surface area contributed by atoms with Gasteiger partial charge in [0.05, 0.1) is 16.7 Å². The average molecular weight is 299 g/mol. The molecule has 0 fully saturated rings. The minimum atomic E-state index is 1.27. The van der Waals surface area contributed by atoms with Crippen LogP contribution in [0, 0.1) is 0 Å². The molecule has 0 saturated heterocycles. The maximum Gasteiger partial charge on any atom is 0.0647 e. The Morgan fingerprint density at radius 2 is 1.14 bits per heavy atom. The highest BCUT2D eigenvalue weighted by molar-refractivity contribution is 7.17. The summed E-state index contributed by atoms with van der Waals surface area (Å²) in [6.45, 7) is 0. The summed E-state index contributed by atoms with van der Waals surface area (Å²) in [4.78, 5) is 0. The van der Waals surface area contributed by atoms with Crippen molar-refractivity contribution in [2.75, 3.05) is 0 Å². The lowest BCUT2D eigenvalue weighted by Gasteiger charge is -2.06. The van der Waals surface area contributed by atoms with E-state index < -0.39 is 0 Å². The number of hydrogen-bond donors (Lipinski definition) is 0. The average Bonchev–Trinajstić information content (AvgIpc) is 3.14. The normalized spacial score (nSPS) is 11.6. The number of aromatic nitrogens is 1. The van der Waals surface area contributed by atoms with Crippen molar-refractivity contribution in [1.29, 1.82) is 0 Å². The molecular weight excluding hydrogens is 286 g/mol. The lowest BCUT2D eigenvalue weighted by Crippen LogP contribution is -1.91. The van der Waals surface area contributed by atoms with Crippen LogP contribution in [0.4, 0.5) is 0 Å². The van der Waals surface area contributed by atoms with Gasteiger partial charge < -0.3 is 4.57 Å². The number of thiophene rings is 1. The molecule has 1 nitrogen and oxygen atoms in total. The van der Waals surface area contributed by atoms with Gasteiger partial charge in [0.2, 0.25) is 0 Å². The van der Waals surface area contributed by atoms with Crippen molar-refractivity contribution in [3.8, 4) is 5.69 Å². The highest BCUT2D eigenvalue weighted by Gasteiger charge is 2.13. The molecule has 5 rings (SSSR count). The standard InChI is InChI=1S/C20H13NS/c1-4-10-17-14(7-1)15-8-2-5-11-18(15)21(17)19-13-22-20-12-6-3-9-16(19)20/h1-13H. The van der Waals surface area contributed by atoms with Crippen LogP contribution in [0.5, 0.6) is 0 Å². The second-order valence-corrected chi connectivity index (χ2v) is 6.40.